The number of ether oxygens (including phenoxy) is 1. The summed E-state index contributed by atoms with van der Waals surface area (Å²) in [7, 11) is 0. The largest absolute Gasteiger partial charge is 0.442 e. The summed E-state index contributed by atoms with van der Waals surface area (Å²) in [5, 5.41) is 2.68. The molecule has 2 rings (SSSR count). The maximum absolute atomic E-state index is 12.0. The predicted octanol–water partition coefficient (Wildman–Crippen LogP) is 1.21. The van der Waals surface area contributed by atoms with Gasteiger partial charge in [-0.05, 0) is 19.1 Å². The zero-order valence-electron chi connectivity index (χ0n) is 10.4. The minimum absolute atomic E-state index is 0.152. The molecule has 0 aliphatic rings. The second-order valence-electron chi connectivity index (χ2n) is 3.80. The average Bonchev–Trinajstić information content (AvgIpc) is 2.74. The molecule has 0 atom stereocenters. The second kappa shape index (κ2) is 5.38. The number of nitrogens with one attached hydrogen (secondary N) is 1. The number of nitrogens with two attached hydrogens (primary N) is 1. The number of aromatic nitrogens is 2. The number of fused-ring (bicyclic) bond motifs is 1. The van der Waals surface area contributed by atoms with E-state index in [2.05, 4.69) is 10.3 Å². The molecule has 0 saturated heterocycles. The monoisotopic (exact) mass is 262 g/mol. The molecule has 0 unspecified atom stereocenters. The van der Waals surface area contributed by atoms with Crippen LogP contribution in [0.2, 0.25) is 0 Å². The molecular weight excluding hydrogens is 248 g/mol. The fourth-order valence-corrected chi connectivity index (χ4v) is 1.77. The van der Waals surface area contributed by atoms with E-state index in [1.807, 2.05) is 13.0 Å². The molecule has 2 amide bonds. The number of rotatable bonds is 3. The van der Waals surface area contributed by atoms with Gasteiger partial charge in [-0.15, -0.1) is 0 Å². The SMILES string of the molecule is CCNC(=O)n1c(COC(N)=O)nc2ccccc21. The highest BCUT2D eigenvalue weighted by molar-refractivity contribution is 5.90. The van der Waals surface area contributed by atoms with Gasteiger partial charge in [-0.25, -0.2) is 19.1 Å². The normalized spacial score (nSPS) is 10.4. The van der Waals surface area contributed by atoms with E-state index >= 15 is 0 Å². The van der Waals surface area contributed by atoms with Gasteiger partial charge in [0.2, 0.25) is 0 Å². The Bertz CT molecular complexity index is 620. The number of amides is 2. The molecule has 0 bridgehead atoms. The first kappa shape index (κ1) is 12.9. The molecule has 0 aliphatic heterocycles. The van der Waals surface area contributed by atoms with Gasteiger partial charge in [0.05, 0.1) is 11.0 Å². The number of hydrogen-bond donors (Lipinski definition) is 2. The fraction of sp³-hybridized carbons (Fsp3) is 0.250. The van der Waals surface area contributed by atoms with Crippen molar-refractivity contribution in [2.75, 3.05) is 6.54 Å². The number of primary amides is 1. The van der Waals surface area contributed by atoms with Crippen LogP contribution in [0.15, 0.2) is 24.3 Å². The molecule has 1 aromatic carbocycles. The van der Waals surface area contributed by atoms with Gasteiger partial charge in [0, 0.05) is 6.54 Å². The smallest absolute Gasteiger partial charge is 0.404 e. The summed E-state index contributed by atoms with van der Waals surface area (Å²) in [6.07, 6.45) is -0.908. The maximum atomic E-state index is 12.0. The van der Waals surface area contributed by atoms with E-state index in [4.69, 9.17) is 10.5 Å². The number of carbonyl (C=O) groups is 2. The summed E-state index contributed by atoms with van der Waals surface area (Å²) in [6, 6.07) is 6.85. The van der Waals surface area contributed by atoms with Crippen molar-refractivity contribution >= 4 is 23.2 Å². The third-order valence-corrected chi connectivity index (χ3v) is 2.50. The Morgan fingerprint density at radius 3 is 2.84 bits per heavy atom. The molecule has 2 aromatic rings. The standard InChI is InChI=1S/C12H14N4O3/c1-2-14-12(18)16-9-6-4-3-5-8(9)15-10(16)7-19-11(13)17/h3-6H,2,7H2,1H3,(H2,13,17)(H,14,18). The first-order chi connectivity index (χ1) is 9.13. The molecule has 0 saturated carbocycles. The molecule has 7 heteroatoms. The number of para-hydroxylation sites is 2. The van der Waals surface area contributed by atoms with Gasteiger partial charge in [0.15, 0.2) is 12.4 Å². The van der Waals surface area contributed by atoms with E-state index in [0.29, 0.717) is 23.4 Å². The van der Waals surface area contributed by atoms with Gasteiger partial charge in [-0.3, -0.25) is 0 Å². The highest BCUT2D eigenvalue weighted by Crippen LogP contribution is 2.16. The number of hydrogen-bond acceptors (Lipinski definition) is 4. The molecule has 7 nitrogen and oxygen atoms in total. The summed E-state index contributed by atoms with van der Waals surface area (Å²) >= 11 is 0. The third-order valence-electron chi connectivity index (χ3n) is 2.50. The predicted molar refractivity (Wildman–Crippen MR) is 68.6 cm³/mol. The van der Waals surface area contributed by atoms with Crippen LogP contribution in [0, 0.1) is 0 Å². The Balaban J connectivity index is 2.45. The zero-order chi connectivity index (χ0) is 13.8. The Hall–Kier alpha value is -2.57. The molecule has 0 aliphatic carbocycles. The summed E-state index contributed by atoms with van der Waals surface area (Å²) in [5.41, 5.74) is 6.22. The van der Waals surface area contributed by atoms with Gasteiger partial charge in [-0.1, -0.05) is 12.1 Å². The fourth-order valence-electron chi connectivity index (χ4n) is 1.77. The summed E-state index contributed by atoms with van der Waals surface area (Å²) in [5.74, 6) is 0.325. The Morgan fingerprint density at radius 1 is 1.42 bits per heavy atom. The lowest BCUT2D eigenvalue weighted by Crippen LogP contribution is -2.30. The van der Waals surface area contributed by atoms with Crippen LogP contribution >= 0.6 is 0 Å². The molecule has 0 spiro atoms. The van der Waals surface area contributed by atoms with E-state index in [1.54, 1.807) is 18.2 Å². The average molecular weight is 262 g/mol. The van der Waals surface area contributed by atoms with E-state index in [0.717, 1.165) is 0 Å². The molecule has 100 valence electrons. The highest BCUT2D eigenvalue weighted by atomic mass is 16.5. The minimum atomic E-state index is -0.908. The molecule has 1 heterocycles. The lowest BCUT2D eigenvalue weighted by Gasteiger charge is -2.08. The molecule has 0 radical (unpaired) electrons. The second-order valence-corrected chi connectivity index (χ2v) is 3.80. The van der Waals surface area contributed by atoms with Gasteiger partial charge in [-0.2, -0.15) is 0 Å². The van der Waals surface area contributed by atoms with Crippen molar-refractivity contribution in [3.63, 3.8) is 0 Å². The number of nitrogens with zero attached hydrogens (tertiary/aromatic N) is 2. The molecule has 19 heavy (non-hydrogen) atoms. The van der Waals surface area contributed by atoms with Crippen LogP contribution in [-0.2, 0) is 11.3 Å². The quantitative estimate of drug-likeness (QED) is 0.868. The minimum Gasteiger partial charge on any atom is -0.442 e. The summed E-state index contributed by atoms with van der Waals surface area (Å²) < 4.78 is 6.08. The van der Waals surface area contributed by atoms with Crippen LogP contribution in [0.1, 0.15) is 12.7 Å². The van der Waals surface area contributed by atoms with E-state index in [-0.39, 0.29) is 12.6 Å². The van der Waals surface area contributed by atoms with Crippen molar-refractivity contribution < 1.29 is 14.3 Å². The first-order valence-corrected chi connectivity index (χ1v) is 5.80. The van der Waals surface area contributed by atoms with Crippen LogP contribution < -0.4 is 11.1 Å². The van der Waals surface area contributed by atoms with Crippen molar-refractivity contribution in [3.8, 4) is 0 Å². The van der Waals surface area contributed by atoms with Crippen molar-refractivity contribution in [2.24, 2.45) is 5.73 Å². The lowest BCUT2D eigenvalue weighted by molar-refractivity contribution is 0.146. The number of benzene rings is 1. The molecule has 0 fully saturated rings. The topological polar surface area (TPSA) is 99.2 Å². The van der Waals surface area contributed by atoms with Crippen molar-refractivity contribution in [2.45, 2.75) is 13.5 Å². The zero-order valence-corrected chi connectivity index (χ0v) is 10.4. The van der Waals surface area contributed by atoms with Crippen LogP contribution in [0.4, 0.5) is 9.59 Å². The lowest BCUT2D eigenvalue weighted by atomic mass is 10.3. The van der Waals surface area contributed by atoms with E-state index in [9.17, 15) is 9.59 Å². The number of imidazole rings is 1. The Labute approximate surface area is 109 Å². The van der Waals surface area contributed by atoms with Crippen LogP contribution in [0.3, 0.4) is 0 Å². The van der Waals surface area contributed by atoms with Crippen molar-refractivity contribution in [1.29, 1.82) is 0 Å². The van der Waals surface area contributed by atoms with E-state index < -0.39 is 6.09 Å². The highest BCUT2D eigenvalue weighted by Gasteiger charge is 2.16. The van der Waals surface area contributed by atoms with E-state index in [1.165, 1.54) is 4.57 Å². The number of carbonyl (C=O) groups excluding carboxylic acids is 2. The van der Waals surface area contributed by atoms with Crippen molar-refractivity contribution in [3.05, 3.63) is 30.1 Å². The van der Waals surface area contributed by atoms with Gasteiger partial charge in [0.25, 0.3) is 0 Å². The molecular formula is C12H14N4O3. The summed E-state index contributed by atoms with van der Waals surface area (Å²) in [6.45, 7) is 2.15. The molecule has 1 aromatic heterocycles. The summed E-state index contributed by atoms with van der Waals surface area (Å²) in [4.78, 5) is 26.9. The molecule has 3 N–H and O–H groups in total. The van der Waals surface area contributed by atoms with Crippen LogP contribution in [-0.4, -0.2) is 28.2 Å². The van der Waals surface area contributed by atoms with Crippen LogP contribution in [0.5, 0.6) is 0 Å². The third kappa shape index (κ3) is 2.65. The van der Waals surface area contributed by atoms with Gasteiger partial charge in [0.1, 0.15) is 0 Å². The van der Waals surface area contributed by atoms with Gasteiger partial charge < -0.3 is 15.8 Å². The van der Waals surface area contributed by atoms with Crippen molar-refractivity contribution in [1.82, 2.24) is 14.9 Å². The Morgan fingerprint density at radius 2 is 2.16 bits per heavy atom. The Kier molecular flexibility index (Phi) is 3.65. The van der Waals surface area contributed by atoms with Gasteiger partial charge >= 0.3 is 12.1 Å². The maximum Gasteiger partial charge on any atom is 0.404 e. The van der Waals surface area contributed by atoms with Crippen LogP contribution in [0.25, 0.3) is 11.0 Å². The first-order valence-electron chi connectivity index (χ1n) is 5.80.